The Morgan fingerprint density at radius 2 is 1.77 bits per heavy atom. The van der Waals surface area contributed by atoms with E-state index in [9.17, 15) is 4.79 Å². The monoisotopic (exact) mass is 297 g/mol. The molecule has 0 N–H and O–H groups in total. The maximum Gasteiger partial charge on any atom is 0.338 e. The molecule has 0 amide bonds. The number of benzene rings is 2. The summed E-state index contributed by atoms with van der Waals surface area (Å²) < 4.78 is 10.5. The van der Waals surface area contributed by atoms with Crippen molar-refractivity contribution in [1.82, 2.24) is 0 Å². The second-order valence-electron chi connectivity index (χ2n) is 4.50. The van der Waals surface area contributed by atoms with Crippen LogP contribution in [0.25, 0.3) is 0 Å². The van der Waals surface area contributed by atoms with Gasteiger partial charge in [-0.2, -0.15) is 0 Å². The van der Waals surface area contributed by atoms with E-state index in [1.807, 2.05) is 31.2 Å². The highest BCUT2D eigenvalue weighted by molar-refractivity contribution is 5.90. The van der Waals surface area contributed by atoms with Gasteiger partial charge >= 0.3 is 5.97 Å². The van der Waals surface area contributed by atoms with E-state index in [-0.39, 0.29) is 5.97 Å². The number of aliphatic imine (C=N–C) groups is 1. The van der Waals surface area contributed by atoms with Crippen LogP contribution in [0.2, 0.25) is 0 Å². The summed E-state index contributed by atoms with van der Waals surface area (Å²) in [6.07, 6.45) is 1.75. The lowest BCUT2D eigenvalue weighted by Gasteiger charge is -2.05. The average Bonchev–Trinajstić information content (AvgIpc) is 2.55. The first-order chi connectivity index (χ1) is 10.7. The fourth-order valence-corrected chi connectivity index (χ4v) is 1.92. The normalized spacial score (nSPS) is 10.6. The number of ether oxygens (including phenoxy) is 2. The lowest BCUT2D eigenvalue weighted by atomic mass is 10.2. The van der Waals surface area contributed by atoms with Crippen LogP contribution in [0.1, 0.15) is 29.8 Å². The molecule has 0 unspecified atom stereocenters. The summed E-state index contributed by atoms with van der Waals surface area (Å²) in [4.78, 5) is 16.0. The van der Waals surface area contributed by atoms with Crippen LogP contribution in [0.5, 0.6) is 5.75 Å². The van der Waals surface area contributed by atoms with Crippen molar-refractivity contribution in [2.75, 3.05) is 13.2 Å². The summed E-state index contributed by atoms with van der Waals surface area (Å²) in [5.41, 5.74) is 2.20. The third-order valence-corrected chi connectivity index (χ3v) is 2.95. The van der Waals surface area contributed by atoms with Crippen molar-refractivity contribution >= 4 is 17.9 Å². The molecule has 0 aliphatic heterocycles. The lowest BCUT2D eigenvalue weighted by Crippen LogP contribution is -2.03. The number of hydrogen-bond donors (Lipinski definition) is 0. The Morgan fingerprint density at radius 1 is 1.05 bits per heavy atom. The smallest absolute Gasteiger partial charge is 0.338 e. The Balaban J connectivity index is 2.12. The van der Waals surface area contributed by atoms with Gasteiger partial charge in [-0.05, 0) is 50.2 Å². The molecule has 0 aromatic heterocycles. The molecule has 0 aliphatic rings. The molecule has 0 heterocycles. The van der Waals surface area contributed by atoms with Crippen molar-refractivity contribution in [2.24, 2.45) is 4.99 Å². The summed E-state index contributed by atoms with van der Waals surface area (Å²) in [5, 5.41) is 0. The van der Waals surface area contributed by atoms with Gasteiger partial charge in [0.25, 0.3) is 0 Å². The number of rotatable bonds is 6. The van der Waals surface area contributed by atoms with Crippen LogP contribution in [0.3, 0.4) is 0 Å². The summed E-state index contributed by atoms with van der Waals surface area (Å²) in [5.74, 6) is 0.483. The fraction of sp³-hybridized carbons (Fsp3) is 0.222. The van der Waals surface area contributed by atoms with Crippen LogP contribution in [-0.2, 0) is 4.74 Å². The average molecular weight is 297 g/mol. The Bertz CT molecular complexity index is 648. The topological polar surface area (TPSA) is 47.9 Å². The minimum Gasteiger partial charge on any atom is -0.493 e. The van der Waals surface area contributed by atoms with Gasteiger partial charge in [-0.15, -0.1) is 0 Å². The molecule has 0 atom stereocenters. The molecule has 0 bridgehead atoms. The molecule has 0 radical (unpaired) electrons. The molecule has 0 aliphatic carbocycles. The van der Waals surface area contributed by atoms with Crippen LogP contribution in [-0.4, -0.2) is 25.4 Å². The first-order valence-corrected chi connectivity index (χ1v) is 7.27. The minimum absolute atomic E-state index is 0.320. The van der Waals surface area contributed by atoms with Crippen molar-refractivity contribution in [3.63, 3.8) is 0 Å². The third kappa shape index (κ3) is 4.19. The summed E-state index contributed by atoms with van der Waals surface area (Å²) in [6, 6.07) is 14.7. The Labute approximate surface area is 130 Å². The molecule has 0 saturated heterocycles. The van der Waals surface area contributed by atoms with E-state index in [0.717, 1.165) is 17.0 Å². The van der Waals surface area contributed by atoms with E-state index >= 15 is 0 Å². The molecule has 4 heteroatoms. The number of carbonyl (C=O) groups excluding carboxylic acids is 1. The Hall–Kier alpha value is -2.62. The van der Waals surface area contributed by atoms with E-state index in [2.05, 4.69) is 4.99 Å². The van der Waals surface area contributed by atoms with Gasteiger partial charge in [0.05, 0.1) is 24.5 Å². The molecular formula is C18H19NO3. The fourth-order valence-electron chi connectivity index (χ4n) is 1.92. The zero-order valence-corrected chi connectivity index (χ0v) is 12.8. The minimum atomic E-state index is -0.320. The molecule has 0 fully saturated rings. The van der Waals surface area contributed by atoms with Gasteiger partial charge in [-0.3, -0.25) is 4.99 Å². The number of nitrogens with zero attached hydrogens (tertiary/aromatic N) is 1. The number of esters is 1. The van der Waals surface area contributed by atoms with Gasteiger partial charge in [-0.25, -0.2) is 4.79 Å². The number of carbonyl (C=O) groups is 1. The van der Waals surface area contributed by atoms with Crippen molar-refractivity contribution in [3.8, 4) is 5.75 Å². The van der Waals surface area contributed by atoms with Crippen LogP contribution >= 0.6 is 0 Å². The van der Waals surface area contributed by atoms with Crippen molar-refractivity contribution in [1.29, 1.82) is 0 Å². The third-order valence-electron chi connectivity index (χ3n) is 2.95. The molecule has 0 spiro atoms. The molecular weight excluding hydrogens is 278 g/mol. The highest BCUT2D eigenvalue weighted by Crippen LogP contribution is 2.18. The predicted octanol–water partition coefficient (Wildman–Crippen LogP) is 4.01. The van der Waals surface area contributed by atoms with E-state index < -0.39 is 0 Å². The zero-order valence-electron chi connectivity index (χ0n) is 12.8. The number of para-hydroxylation sites is 1. The maximum atomic E-state index is 11.6. The van der Waals surface area contributed by atoms with E-state index in [4.69, 9.17) is 9.47 Å². The summed E-state index contributed by atoms with van der Waals surface area (Å²) >= 11 is 0. The summed E-state index contributed by atoms with van der Waals surface area (Å²) in [7, 11) is 0. The van der Waals surface area contributed by atoms with Crippen LogP contribution in [0, 0.1) is 0 Å². The van der Waals surface area contributed by atoms with Crippen LogP contribution in [0.4, 0.5) is 5.69 Å². The van der Waals surface area contributed by atoms with Gasteiger partial charge in [0.2, 0.25) is 0 Å². The van der Waals surface area contributed by atoms with Gasteiger partial charge in [0.1, 0.15) is 5.75 Å². The van der Waals surface area contributed by atoms with Crippen molar-refractivity contribution in [3.05, 3.63) is 59.7 Å². The van der Waals surface area contributed by atoms with Gasteiger partial charge in [0.15, 0.2) is 0 Å². The van der Waals surface area contributed by atoms with Gasteiger partial charge in [-0.1, -0.05) is 12.1 Å². The van der Waals surface area contributed by atoms with E-state index in [0.29, 0.717) is 18.8 Å². The Kier molecular flexibility index (Phi) is 5.72. The van der Waals surface area contributed by atoms with E-state index in [1.165, 1.54) is 0 Å². The highest BCUT2D eigenvalue weighted by Gasteiger charge is 2.05. The first kappa shape index (κ1) is 15.8. The molecule has 2 rings (SSSR count). The molecule has 114 valence electrons. The number of hydrogen-bond acceptors (Lipinski definition) is 4. The predicted molar refractivity (Wildman–Crippen MR) is 87.3 cm³/mol. The molecule has 2 aromatic rings. The molecule has 2 aromatic carbocycles. The van der Waals surface area contributed by atoms with E-state index in [1.54, 1.807) is 37.4 Å². The van der Waals surface area contributed by atoms with Crippen LogP contribution < -0.4 is 4.74 Å². The van der Waals surface area contributed by atoms with Gasteiger partial charge in [0, 0.05) is 11.8 Å². The second kappa shape index (κ2) is 7.98. The largest absolute Gasteiger partial charge is 0.493 e. The van der Waals surface area contributed by atoms with Crippen molar-refractivity contribution < 1.29 is 14.3 Å². The standard InChI is InChI=1S/C18H19NO3/c1-3-21-17-8-6-5-7-15(17)13-19-16-11-9-14(10-12-16)18(20)22-4-2/h5-13H,3-4H2,1-2H3. The molecule has 22 heavy (non-hydrogen) atoms. The molecule has 4 nitrogen and oxygen atoms in total. The molecule has 0 saturated carbocycles. The lowest BCUT2D eigenvalue weighted by molar-refractivity contribution is 0.0526. The first-order valence-electron chi connectivity index (χ1n) is 7.27. The van der Waals surface area contributed by atoms with Crippen molar-refractivity contribution in [2.45, 2.75) is 13.8 Å². The Morgan fingerprint density at radius 3 is 2.45 bits per heavy atom. The van der Waals surface area contributed by atoms with Gasteiger partial charge < -0.3 is 9.47 Å². The second-order valence-corrected chi connectivity index (χ2v) is 4.50. The maximum absolute atomic E-state index is 11.6. The summed E-state index contributed by atoms with van der Waals surface area (Å²) in [6.45, 7) is 4.71. The highest BCUT2D eigenvalue weighted by atomic mass is 16.5. The SMILES string of the molecule is CCOC(=O)c1ccc(N=Cc2ccccc2OCC)cc1. The van der Waals surface area contributed by atoms with Crippen LogP contribution in [0.15, 0.2) is 53.5 Å². The quantitative estimate of drug-likeness (QED) is 0.598. The zero-order chi connectivity index (χ0) is 15.8.